The molecule has 3 rings (SSSR count). The number of benzene rings is 1. The highest BCUT2D eigenvalue weighted by Gasteiger charge is 2.48. The zero-order valence-corrected chi connectivity index (χ0v) is 18.1. The van der Waals surface area contributed by atoms with Gasteiger partial charge in [-0.3, -0.25) is 9.69 Å². The number of likely N-dealkylation sites (tertiary alicyclic amines) is 1. The number of anilines is 1. The molecule has 0 saturated carbocycles. The first-order valence-electron chi connectivity index (χ1n) is 10.4. The fourth-order valence-corrected chi connectivity index (χ4v) is 4.82. The minimum atomic E-state index is -0.845. The van der Waals surface area contributed by atoms with Crippen LogP contribution in [0.15, 0.2) is 47.8 Å². The maximum Gasteiger partial charge on any atom is 0.415 e. The molecule has 0 aliphatic carbocycles. The van der Waals surface area contributed by atoms with Gasteiger partial charge in [0.2, 0.25) is 0 Å². The number of thiophene rings is 1. The summed E-state index contributed by atoms with van der Waals surface area (Å²) in [5.74, 6) is 0.104. The van der Waals surface area contributed by atoms with E-state index in [1.807, 2.05) is 37.3 Å². The highest BCUT2D eigenvalue weighted by molar-refractivity contribution is 7.09. The molecule has 0 unspecified atom stereocenters. The molecule has 156 valence electrons. The van der Waals surface area contributed by atoms with E-state index in [1.165, 1.54) is 4.88 Å². The topological polar surface area (TPSA) is 49.9 Å². The monoisotopic (exact) mass is 414 g/mol. The first-order valence-corrected chi connectivity index (χ1v) is 11.3. The minimum Gasteiger partial charge on any atom is -0.449 e. The Kier molecular flexibility index (Phi) is 7.45. The van der Waals surface area contributed by atoms with E-state index < -0.39 is 11.6 Å². The summed E-state index contributed by atoms with van der Waals surface area (Å²) in [6.07, 6.45) is 2.23. The molecule has 0 N–H and O–H groups in total. The Hall–Kier alpha value is -2.18. The van der Waals surface area contributed by atoms with Gasteiger partial charge in [-0.2, -0.15) is 0 Å². The van der Waals surface area contributed by atoms with E-state index in [0.29, 0.717) is 19.3 Å². The highest BCUT2D eigenvalue weighted by atomic mass is 32.1. The minimum absolute atomic E-state index is 0.104. The summed E-state index contributed by atoms with van der Waals surface area (Å²) >= 11 is 1.78. The maximum absolute atomic E-state index is 13.2. The van der Waals surface area contributed by atoms with Gasteiger partial charge in [0.05, 0.1) is 6.61 Å². The van der Waals surface area contributed by atoms with Crippen LogP contribution in [0.2, 0.25) is 0 Å². The molecule has 1 aliphatic rings. The van der Waals surface area contributed by atoms with Gasteiger partial charge >= 0.3 is 6.09 Å². The molecule has 1 fully saturated rings. The zero-order valence-electron chi connectivity index (χ0n) is 17.3. The zero-order chi connectivity index (χ0) is 20.7. The normalized spacial score (nSPS) is 16.3. The van der Waals surface area contributed by atoms with E-state index in [0.717, 1.165) is 31.7 Å². The third kappa shape index (κ3) is 4.87. The van der Waals surface area contributed by atoms with E-state index in [1.54, 1.807) is 23.2 Å². The lowest BCUT2D eigenvalue weighted by Crippen LogP contribution is -2.62. The number of Topliss-reactive ketones (excluding diaryl/α,β-unsaturated/α-hetero) is 1. The van der Waals surface area contributed by atoms with E-state index in [2.05, 4.69) is 22.4 Å². The van der Waals surface area contributed by atoms with Crippen molar-refractivity contribution in [2.24, 2.45) is 0 Å². The number of rotatable bonds is 8. The largest absolute Gasteiger partial charge is 0.449 e. The van der Waals surface area contributed by atoms with Crippen LogP contribution in [-0.2, 0) is 16.0 Å². The summed E-state index contributed by atoms with van der Waals surface area (Å²) in [5, 5.41) is 2.10. The van der Waals surface area contributed by atoms with Crippen molar-refractivity contribution in [2.75, 3.05) is 31.1 Å². The van der Waals surface area contributed by atoms with Crippen molar-refractivity contribution in [3.63, 3.8) is 0 Å². The Labute approximate surface area is 177 Å². The Balaban J connectivity index is 1.81. The summed E-state index contributed by atoms with van der Waals surface area (Å²) in [5.41, 5.74) is -0.123. The number of hydrogen-bond donors (Lipinski definition) is 0. The molecule has 0 bridgehead atoms. The van der Waals surface area contributed by atoms with Crippen molar-refractivity contribution in [3.05, 3.63) is 52.7 Å². The van der Waals surface area contributed by atoms with Gasteiger partial charge in [-0.15, -0.1) is 11.3 Å². The highest BCUT2D eigenvalue weighted by Crippen LogP contribution is 2.36. The summed E-state index contributed by atoms with van der Waals surface area (Å²) in [7, 11) is 0. The van der Waals surface area contributed by atoms with Crippen molar-refractivity contribution in [2.45, 2.75) is 45.1 Å². The molecule has 1 amide bonds. The lowest BCUT2D eigenvalue weighted by Gasteiger charge is -2.47. The summed E-state index contributed by atoms with van der Waals surface area (Å²) in [6, 6.07) is 13.7. The van der Waals surface area contributed by atoms with Gasteiger partial charge in [0, 0.05) is 36.6 Å². The standard InChI is InChI=1S/C23H30N2O3S/c1-3-21(26)23(25(22(27)28-4-2)19-9-6-5-7-10-19)13-16-24(17-14-23)15-12-20-11-8-18-29-20/h5-11,18H,3-4,12-17H2,1-2H3. The average molecular weight is 415 g/mol. The van der Waals surface area contributed by atoms with Crippen LogP contribution in [0.25, 0.3) is 0 Å². The number of amides is 1. The van der Waals surface area contributed by atoms with Gasteiger partial charge in [0.15, 0.2) is 5.78 Å². The number of para-hydroxylation sites is 1. The van der Waals surface area contributed by atoms with Crippen LogP contribution in [0.3, 0.4) is 0 Å². The molecular weight excluding hydrogens is 384 g/mol. The molecule has 6 heteroatoms. The van der Waals surface area contributed by atoms with Crippen molar-refractivity contribution < 1.29 is 14.3 Å². The van der Waals surface area contributed by atoms with E-state index in [9.17, 15) is 9.59 Å². The number of carbonyl (C=O) groups excluding carboxylic acids is 2. The second kappa shape index (κ2) is 10.0. The van der Waals surface area contributed by atoms with Crippen LogP contribution in [0.1, 0.15) is 38.0 Å². The fraction of sp³-hybridized carbons (Fsp3) is 0.478. The molecule has 29 heavy (non-hydrogen) atoms. The van der Waals surface area contributed by atoms with Gasteiger partial charge in [0.25, 0.3) is 0 Å². The molecular formula is C23H30N2O3S. The second-order valence-corrected chi connectivity index (χ2v) is 8.38. The predicted molar refractivity (Wildman–Crippen MR) is 118 cm³/mol. The van der Waals surface area contributed by atoms with Gasteiger partial charge in [-0.25, -0.2) is 4.79 Å². The summed E-state index contributed by atoms with van der Waals surface area (Å²) in [6.45, 7) is 6.51. The number of carbonyl (C=O) groups is 2. The van der Waals surface area contributed by atoms with Crippen LogP contribution < -0.4 is 4.90 Å². The van der Waals surface area contributed by atoms with Crippen molar-refractivity contribution in [1.29, 1.82) is 0 Å². The molecule has 1 aliphatic heterocycles. The molecule has 2 heterocycles. The summed E-state index contributed by atoms with van der Waals surface area (Å²) in [4.78, 5) is 31.6. The number of ketones is 1. The lowest BCUT2D eigenvalue weighted by molar-refractivity contribution is -0.125. The van der Waals surface area contributed by atoms with Crippen LogP contribution in [0, 0.1) is 0 Å². The Bertz CT molecular complexity index is 784. The van der Waals surface area contributed by atoms with Crippen molar-refractivity contribution in [1.82, 2.24) is 4.90 Å². The van der Waals surface area contributed by atoms with Crippen molar-refractivity contribution >= 4 is 28.9 Å². The number of nitrogens with zero attached hydrogens (tertiary/aromatic N) is 2. The van der Waals surface area contributed by atoms with E-state index in [4.69, 9.17) is 4.74 Å². The lowest BCUT2D eigenvalue weighted by atomic mass is 9.80. The fourth-order valence-electron chi connectivity index (χ4n) is 4.12. The van der Waals surface area contributed by atoms with E-state index >= 15 is 0 Å². The molecule has 1 aromatic heterocycles. The third-order valence-electron chi connectivity index (χ3n) is 5.67. The summed E-state index contributed by atoms with van der Waals surface area (Å²) < 4.78 is 5.38. The molecule has 0 atom stereocenters. The molecule has 0 spiro atoms. The van der Waals surface area contributed by atoms with Crippen LogP contribution >= 0.6 is 11.3 Å². The SMILES string of the molecule is CCOC(=O)N(c1ccccc1)C1(C(=O)CC)CCN(CCc2cccs2)CC1. The first kappa shape index (κ1) is 21.5. The molecule has 1 aromatic carbocycles. The Morgan fingerprint density at radius 2 is 1.83 bits per heavy atom. The number of ether oxygens (including phenoxy) is 1. The average Bonchev–Trinajstić information content (AvgIpc) is 3.27. The predicted octanol–water partition coefficient (Wildman–Crippen LogP) is 4.77. The third-order valence-corrected chi connectivity index (χ3v) is 6.61. The van der Waals surface area contributed by atoms with Crippen LogP contribution in [-0.4, -0.2) is 48.6 Å². The number of hydrogen-bond acceptors (Lipinski definition) is 5. The van der Waals surface area contributed by atoms with Crippen LogP contribution in [0.5, 0.6) is 0 Å². The first-order chi connectivity index (χ1) is 14.1. The van der Waals surface area contributed by atoms with Gasteiger partial charge < -0.3 is 9.64 Å². The van der Waals surface area contributed by atoms with E-state index in [-0.39, 0.29) is 12.4 Å². The molecule has 1 saturated heterocycles. The van der Waals surface area contributed by atoms with Crippen molar-refractivity contribution in [3.8, 4) is 0 Å². The molecule has 5 nitrogen and oxygen atoms in total. The maximum atomic E-state index is 13.2. The van der Waals surface area contributed by atoms with Gasteiger partial charge in [-0.05, 0) is 49.8 Å². The molecule has 2 aromatic rings. The van der Waals surface area contributed by atoms with Gasteiger partial charge in [0.1, 0.15) is 5.54 Å². The molecule has 0 radical (unpaired) electrons. The smallest absolute Gasteiger partial charge is 0.415 e. The number of piperidine rings is 1. The van der Waals surface area contributed by atoms with Gasteiger partial charge in [-0.1, -0.05) is 31.2 Å². The van der Waals surface area contributed by atoms with Crippen LogP contribution in [0.4, 0.5) is 10.5 Å². The quantitative estimate of drug-likeness (QED) is 0.624. The Morgan fingerprint density at radius 1 is 1.10 bits per heavy atom. The Morgan fingerprint density at radius 3 is 2.41 bits per heavy atom. The second-order valence-electron chi connectivity index (χ2n) is 7.35.